The SMILES string of the molecule is CNc1cc2o/c3c(c2s1)=CC(C)c1sc([I-]C)cc1OC\C=3. The van der Waals surface area contributed by atoms with Crippen LogP contribution in [0.2, 0.25) is 0 Å². The van der Waals surface area contributed by atoms with Crippen molar-refractivity contribution in [2.45, 2.75) is 12.8 Å². The Bertz CT molecular complexity index is 982. The third-order valence-electron chi connectivity index (χ3n) is 3.89. The van der Waals surface area contributed by atoms with Gasteiger partial charge in [-0.3, -0.25) is 0 Å². The van der Waals surface area contributed by atoms with Gasteiger partial charge in [0.1, 0.15) is 0 Å². The third-order valence-corrected chi connectivity index (χ3v) is 9.24. The van der Waals surface area contributed by atoms with Gasteiger partial charge in [-0.25, -0.2) is 0 Å². The molecule has 1 unspecified atom stereocenters. The van der Waals surface area contributed by atoms with Crippen molar-refractivity contribution in [2.75, 3.05) is 23.9 Å². The number of furan rings is 1. The summed E-state index contributed by atoms with van der Waals surface area (Å²) >= 11 is 3.76. The van der Waals surface area contributed by atoms with Crippen molar-refractivity contribution >= 4 is 50.1 Å². The number of fused-ring (bicyclic) bond motifs is 4. The molecule has 0 saturated carbocycles. The van der Waals surface area contributed by atoms with E-state index in [1.807, 2.05) is 18.4 Å². The molecule has 1 aliphatic heterocycles. The van der Waals surface area contributed by atoms with E-state index in [9.17, 15) is 0 Å². The number of ether oxygens (including phenoxy) is 1. The molecule has 1 atom stereocenters. The fraction of sp³-hybridized carbons (Fsp3) is 0.294. The molecule has 0 saturated heterocycles. The predicted molar refractivity (Wildman–Crippen MR) is 94.7 cm³/mol. The summed E-state index contributed by atoms with van der Waals surface area (Å²) in [5.41, 5.74) is 1.88. The van der Waals surface area contributed by atoms with E-state index >= 15 is 0 Å². The van der Waals surface area contributed by atoms with Crippen LogP contribution in [-0.2, 0) is 0 Å². The average Bonchev–Trinajstić information content (AvgIpc) is 3.21. The van der Waals surface area contributed by atoms with Crippen LogP contribution in [0.25, 0.3) is 22.4 Å². The third kappa shape index (κ3) is 2.70. The van der Waals surface area contributed by atoms with Crippen LogP contribution in [0.5, 0.6) is 5.75 Å². The Kier molecular flexibility index (Phi) is 4.15. The summed E-state index contributed by atoms with van der Waals surface area (Å²) < 4.78 is 14.8. The number of rotatable bonds is 2. The van der Waals surface area contributed by atoms with E-state index in [1.54, 1.807) is 11.3 Å². The maximum absolute atomic E-state index is 6.05. The molecule has 1 aliphatic rings. The number of thiophene rings is 2. The van der Waals surface area contributed by atoms with Crippen LogP contribution in [0.1, 0.15) is 17.7 Å². The van der Waals surface area contributed by atoms with Crippen molar-refractivity contribution in [1.82, 2.24) is 0 Å². The van der Waals surface area contributed by atoms with E-state index in [1.165, 1.54) is 17.7 Å². The van der Waals surface area contributed by atoms with Crippen LogP contribution in [-0.4, -0.2) is 18.6 Å². The average molecular weight is 458 g/mol. The van der Waals surface area contributed by atoms with Gasteiger partial charge in [-0.1, -0.05) is 0 Å². The Balaban J connectivity index is 1.93. The Hall–Kier alpha value is -0.990. The number of anilines is 1. The molecule has 0 aromatic carbocycles. The zero-order valence-corrected chi connectivity index (χ0v) is 16.9. The molecule has 0 aliphatic carbocycles. The Morgan fingerprint density at radius 2 is 2.17 bits per heavy atom. The van der Waals surface area contributed by atoms with Crippen LogP contribution in [0.15, 0.2) is 16.5 Å². The molecule has 3 aromatic rings. The van der Waals surface area contributed by atoms with Gasteiger partial charge in [0.05, 0.1) is 0 Å². The van der Waals surface area contributed by atoms with Gasteiger partial charge < -0.3 is 0 Å². The van der Waals surface area contributed by atoms with E-state index in [2.05, 4.69) is 41.5 Å². The van der Waals surface area contributed by atoms with Gasteiger partial charge in [0, 0.05) is 0 Å². The number of hydrogen-bond donors (Lipinski definition) is 1. The Morgan fingerprint density at radius 3 is 2.96 bits per heavy atom. The van der Waals surface area contributed by atoms with Crippen molar-refractivity contribution in [3.8, 4) is 5.75 Å². The first kappa shape index (κ1) is 15.5. The zero-order valence-electron chi connectivity index (χ0n) is 13.1. The van der Waals surface area contributed by atoms with E-state index in [-0.39, 0.29) is 21.2 Å². The minimum atomic E-state index is 0.103. The summed E-state index contributed by atoms with van der Waals surface area (Å²) in [5, 5.41) is 5.54. The molecular weight excluding hydrogens is 441 g/mol. The summed E-state index contributed by atoms with van der Waals surface area (Å²) in [6.45, 7) is 2.80. The van der Waals surface area contributed by atoms with Crippen molar-refractivity contribution in [3.63, 3.8) is 0 Å². The molecule has 4 rings (SSSR count). The first-order chi connectivity index (χ1) is 11.2. The molecule has 23 heavy (non-hydrogen) atoms. The topological polar surface area (TPSA) is 34.4 Å². The second-order valence-corrected chi connectivity index (χ2v) is 10.5. The predicted octanol–water partition coefficient (Wildman–Crippen LogP) is 0.243. The van der Waals surface area contributed by atoms with Gasteiger partial charge in [0.2, 0.25) is 0 Å². The van der Waals surface area contributed by atoms with Gasteiger partial charge in [-0.2, -0.15) is 0 Å². The molecule has 1 N–H and O–H groups in total. The Labute approximate surface area is 152 Å². The first-order valence-electron chi connectivity index (χ1n) is 7.37. The summed E-state index contributed by atoms with van der Waals surface area (Å²) in [6, 6.07) is 4.31. The van der Waals surface area contributed by atoms with Crippen molar-refractivity contribution < 1.29 is 30.4 Å². The molecule has 4 heterocycles. The number of hydrogen-bond acceptors (Lipinski definition) is 5. The molecule has 0 spiro atoms. The molecule has 0 bridgehead atoms. The van der Waals surface area contributed by atoms with Crippen LogP contribution in [0, 0.1) is 2.88 Å². The van der Waals surface area contributed by atoms with Crippen LogP contribution in [0.4, 0.5) is 5.00 Å². The Morgan fingerprint density at radius 1 is 1.30 bits per heavy atom. The molecule has 0 fully saturated rings. The molecule has 0 radical (unpaired) electrons. The summed E-state index contributed by atoms with van der Waals surface area (Å²) in [4.78, 5) is 3.63. The molecule has 3 nitrogen and oxygen atoms in total. The quantitative estimate of drug-likeness (QED) is 0.442. The van der Waals surface area contributed by atoms with Crippen molar-refractivity contribution in [3.05, 3.63) is 30.5 Å². The standard InChI is InChI=1S/C17H17INO2S2/c1-9-6-10-11(21-13-8-15(19-3)23-17(10)13)4-5-20-12-7-14(18-2)22-16(9)12/h4,6-9,19H,5H2,1-3H3/q-1/b10-6?,11-4+. The fourth-order valence-electron chi connectivity index (χ4n) is 2.77. The number of alkyl halides is 1. The van der Waals surface area contributed by atoms with E-state index in [4.69, 9.17) is 9.15 Å². The molecule has 0 amide bonds. The van der Waals surface area contributed by atoms with Crippen LogP contribution in [0.3, 0.4) is 0 Å². The maximum atomic E-state index is 6.05. The molecule has 122 valence electrons. The zero-order chi connectivity index (χ0) is 16.0. The van der Waals surface area contributed by atoms with Gasteiger partial charge in [0.15, 0.2) is 0 Å². The van der Waals surface area contributed by atoms with Gasteiger partial charge in [-0.15, -0.1) is 0 Å². The second-order valence-electron chi connectivity index (χ2n) is 5.37. The van der Waals surface area contributed by atoms with E-state index in [0.29, 0.717) is 12.5 Å². The van der Waals surface area contributed by atoms with Gasteiger partial charge >= 0.3 is 153 Å². The van der Waals surface area contributed by atoms with Crippen LogP contribution < -0.4 is 41.9 Å². The molecular formula is C17H17INO2S2-. The van der Waals surface area contributed by atoms with Gasteiger partial charge in [-0.05, 0) is 0 Å². The monoisotopic (exact) mass is 458 g/mol. The van der Waals surface area contributed by atoms with Crippen molar-refractivity contribution in [1.29, 1.82) is 0 Å². The minimum absolute atomic E-state index is 0.103. The summed E-state index contributed by atoms with van der Waals surface area (Å²) in [7, 11) is 1.94. The van der Waals surface area contributed by atoms with E-state index < -0.39 is 0 Å². The van der Waals surface area contributed by atoms with Crippen LogP contribution >= 0.6 is 22.7 Å². The first-order valence-corrected chi connectivity index (χ1v) is 12.2. The normalized spacial score (nSPS) is 18.7. The van der Waals surface area contributed by atoms with Crippen molar-refractivity contribution in [2.24, 2.45) is 0 Å². The second kappa shape index (κ2) is 6.14. The summed E-state index contributed by atoms with van der Waals surface area (Å²) in [6.07, 6.45) is 4.38. The van der Waals surface area contributed by atoms with Gasteiger partial charge in [0.25, 0.3) is 0 Å². The number of nitrogens with one attached hydrogen (secondary N) is 1. The molecule has 6 heteroatoms. The van der Waals surface area contributed by atoms with E-state index in [0.717, 1.165) is 21.7 Å². The summed E-state index contributed by atoms with van der Waals surface area (Å²) in [5.74, 6) is 1.38. The molecule has 3 aromatic heterocycles. The fourth-order valence-corrected chi connectivity index (χ4v) is 6.63. The number of halogens is 1.